The van der Waals surface area contributed by atoms with Crippen molar-refractivity contribution in [3.63, 3.8) is 0 Å². The van der Waals surface area contributed by atoms with Gasteiger partial charge in [-0.1, -0.05) is 24.3 Å². The molecule has 4 rings (SSSR count). The van der Waals surface area contributed by atoms with Gasteiger partial charge in [0.25, 0.3) is 11.1 Å². The number of methoxy groups -OCH3 is 2. The molecule has 0 saturated carbocycles. The molecule has 1 aliphatic rings. The van der Waals surface area contributed by atoms with Crippen molar-refractivity contribution in [1.82, 2.24) is 4.90 Å². The first-order chi connectivity index (χ1) is 16.9. The van der Waals surface area contributed by atoms with Crippen molar-refractivity contribution in [1.29, 1.82) is 0 Å². The molecule has 0 aromatic heterocycles. The highest BCUT2D eigenvalue weighted by molar-refractivity contribution is 8.18. The minimum absolute atomic E-state index is 0.146. The minimum Gasteiger partial charge on any atom is -0.497 e. The summed E-state index contributed by atoms with van der Waals surface area (Å²) in [6, 6.07) is 17.2. The average molecular weight is 494 g/mol. The molecular weight excluding hydrogens is 473 g/mol. The van der Waals surface area contributed by atoms with Crippen molar-refractivity contribution in [2.75, 3.05) is 14.2 Å². The summed E-state index contributed by atoms with van der Waals surface area (Å²) in [4.78, 5) is 39.0. The third kappa shape index (κ3) is 5.36. The van der Waals surface area contributed by atoms with E-state index in [9.17, 15) is 18.8 Å². The molecule has 0 aliphatic carbocycles. The molecule has 9 heteroatoms. The van der Waals surface area contributed by atoms with E-state index in [1.54, 1.807) is 42.5 Å². The molecule has 7 nitrogen and oxygen atoms in total. The van der Waals surface area contributed by atoms with Gasteiger partial charge in [-0.25, -0.2) is 9.18 Å². The maximum Gasteiger partial charge on any atom is 0.343 e. The normalized spacial score (nSPS) is 14.4. The first-order valence-corrected chi connectivity index (χ1v) is 11.2. The predicted molar refractivity (Wildman–Crippen MR) is 129 cm³/mol. The van der Waals surface area contributed by atoms with Gasteiger partial charge in [0, 0.05) is 5.56 Å². The van der Waals surface area contributed by atoms with Crippen LogP contribution in [0.4, 0.5) is 9.18 Å². The highest BCUT2D eigenvalue weighted by atomic mass is 32.2. The van der Waals surface area contributed by atoms with E-state index >= 15 is 0 Å². The van der Waals surface area contributed by atoms with E-state index in [1.807, 2.05) is 0 Å². The average Bonchev–Trinajstić information content (AvgIpc) is 3.12. The summed E-state index contributed by atoms with van der Waals surface area (Å²) in [6.45, 7) is -0.165. The van der Waals surface area contributed by atoms with E-state index in [1.165, 1.54) is 44.6 Å². The standard InChI is InChI=1S/C26H20FNO6S/c1-32-19-10-8-17(9-11-19)25(30)34-22-13-16(7-12-21(22)33-2)14-23-24(29)28(26(31)35-23)15-18-5-3-4-6-20(18)27/h3-14H,15H2,1-2H3/b23-14-. The first kappa shape index (κ1) is 24.0. The maximum atomic E-state index is 14.0. The second-order valence-electron chi connectivity index (χ2n) is 7.39. The summed E-state index contributed by atoms with van der Waals surface area (Å²) in [5.74, 6) is -0.562. The lowest BCUT2D eigenvalue weighted by Crippen LogP contribution is -2.27. The number of benzene rings is 3. The molecule has 178 valence electrons. The van der Waals surface area contributed by atoms with Crippen LogP contribution >= 0.6 is 11.8 Å². The summed E-state index contributed by atoms with van der Waals surface area (Å²) < 4.78 is 29.9. The smallest absolute Gasteiger partial charge is 0.343 e. The van der Waals surface area contributed by atoms with Gasteiger partial charge < -0.3 is 14.2 Å². The molecular formula is C26H20FNO6S. The number of ether oxygens (including phenoxy) is 3. The van der Waals surface area contributed by atoms with Crippen molar-refractivity contribution in [2.45, 2.75) is 6.54 Å². The molecule has 3 aromatic carbocycles. The van der Waals surface area contributed by atoms with Gasteiger partial charge in [-0.15, -0.1) is 0 Å². The molecule has 1 aliphatic heterocycles. The van der Waals surface area contributed by atoms with Crippen LogP contribution in [0.1, 0.15) is 21.5 Å². The lowest BCUT2D eigenvalue weighted by molar-refractivity contribution is -0.123. The molecule has 2 amide bonds. The number of hydrogen-bond acceptors (Lipinski definition) is 7. The summed E-state index contributed by atoms with van der Waals surface area (Å²) in [7, 11) is 2.96. The van der Waals surface area contributed by atoms with E-state index in [0.717, 1.165) is 16.7 Å². The molecule has 1 fully saturated rings. The zero-order valence-corrected chi connectivity index (χ0v) is 19.6. The lowest BCUT2D eigenvalue weighted by Gasteiger charge is -2.13. The Bertz CT molecular complexity index is 1320. The van der Waals surface area contributed by atoms with Gasteiger partial charge in [0.1, 0.15) is 11.6 Å². The van der Waals surface area contributed by atoms with Crippen LogP contribution in [-0.4, -0.2) is 36.2 Å². The van der Waals surface area contributed by atoms with Crippen LogP contribution in [0.15, 0.2) is 71.6 Å². The summed E-state index contributed by atoms with van der Waals surface area (Å²) in [5, 5.41) is -0.496. The molecule has 0 N–H and O–H groups in total. The molecule has 1 heterocycles. The SMILES string of the molecule is COc1ccc(C(=O)Oc2cc(/C=C3\SC(=O)N(Cc4ccccc4F)C3=O)ccc2OC)cc1. The predicted octanol–water partition coefficient (Wildman–Crippen LogP) is 5.30. The third-order valence-electron chi connectivity index (χ3n) is 5.17. The van der Waals surface area contributed by atoms with E-state index in [0.29, 0.717) is 22.6 Å². The Morgan fingerprint density at radius 1 is 0.971 bits per heavy atom. The molecule has 0 radical (unpaired) electrons. The van der Waals surface area contributed by atoms with Crippen LogP contribution in [0, 0.1) is 5.82 Å². The zero-order chi connectivity index (χ0) is 24.9. The van der Waals surface area contributed by atoms with E-state index in [4.69, 9.17) is 14.2 Å². The van der Waals surface area contributed by atoms with Crippen molar-refractivity contribution >= 4 is 35.0 Å². The van der Waals surface area contributed by atoms with Crippen LogP contribution in [0.3, 0.4) is 0 Å². The molecule has 35 heavy (non-hydrogen) atoms. The van der Waals surface area contributed by atoms with Gasteiger partial charge in [-0.3, -0.25) is 14.5 Å². The number of imide groups is 1. The number of hydrogen-bond donors (Lipinski definition) is 0. The molecule has 0 atom stereocenters. The number of rotatable bonds is 7. The van der Waals surface area contributed by atoms with Gasteiger partial charge >= 0.3 is 5.97 Å². The van der Waals surface area contributed by atoms with Crippen LogP contribution < -0.4 is 14.2 Å². The van der Waals surface area contributed by atoms with Crippen molar-refractivity contribution in [3.05, 3.63) is 94.1 Å². The first-order valence-electron chi connectivity index (χ1n) is 10.4. The number of halogens is 1. The van der Waals surface area contributed by atoms with E-state index in [2.05, 4.69) is 0 Å². The van der Waals surface area contributed by atoms with Crippen LogP contribution in [0.25, 0.3) is 6.08 Å². The molecule has 0 unspecified atom stereocenters. The van der Waals surface area contributed by atoms with Gasteiger partial charge in [-0.05, 0) is 65.9 Å². The minimum atomic E-state index is -0.603. The number of thioether (sulfide) groups is 1. The van der Waals surface area contributed by atoms with Gasteiger partial charge in [-0.2, -0.15) is 0 Å². The van der Waals surface area contributed by atoms with Crippen LogP contribution in [0.5, 0.6) is 17.2 Å². The van der Waals surface area contributed by atoms with Crippen LogP contribution in [-0.2, 0) is 11.3 Å². The van der Waals surface area contributed by atoms with Crippen LogP contribution in [0.2, 0.25) is 0 Å². The quantitative estimate of drug-likeness (QED) is 0.251. The second-order valence-corrected chi connectivity index (χ2v) is 8.38. The van der Waals surface area contributed by atoms with Crippen molar-refractivity contribution in [3.8, 4) is 17.2 Å². The van der Waals surface area contributed by atoms with E-state index in [-0.39, 0.29) is 22.8 Å². The Morgan fingerprint density at radius 2 is 1.71 bits per heavy atom. The molecule has 0 spiro atoms. The second kappa shape index (κ2) is 10.4. The van der Waals surface area contributed by atoms with Gasteiger partial charge in [0.15, 0.2) is 11.5 Å². The number of amides is 2. The Hall–Kier alpha value is -4.11. The number of nitrogens with zero attached hydrogens (tertiary/aromatic N) is 1. The molecule has 3 aromatic rings. The van der Waals surface area contributed by atoms with Gasteiger partial charge in [0.05, 0.1) is 31.2 Å². The van der Waals surface area contributed by atoms with Gasteiger partial charge in [0.2, 0.25) is 0 Å². The Morgan fingerprint density at radius 3 is 2.40 bits per heavy atom. The van der Waals surface area contributed by atoms with Crippen molar-refractivity contribution in [2.24, 2.45) is 0 Å². The largest absolute Gasteiger partial charge is 0.497 e. The zero-order valence-electron chi connectivity index (χ0n) is 18.8. The molecule has 0 bridgehead atoms. The fourth-order valence-electron chi connectivity index (χ4n) is 3.33. The maximum absolute atomic E-state index is 14.0. The van der Waals surface area contributed by atoms with Crippen molar-refractivity contribution < 1.29 is 33.0 Å². The van der Waals surface area contributed by atoms with E-state index < -0.39 is 22.9 Å². The number of esters is 1. The highest BCUT2D eigenvalue weighted by Gasteiger charge is 2.35. The highest BCUT2D eigenvalue weighted by Crippen LogP contribution is 2.35. The Labute approximate surface area is 205 Å². The molecule has 1 saturated heterocycles. The Kier molecular flexibility index (Phi) is 7.17. The number of carbonyl (C=O) groups is 3. The third-order valence-corrected chi connectivity index (χ3v) is 6.08. The fraction of sp³-hybridized carbons (Fsp3) is 0.115. The summed E-state index contributed by atoms with van der Waals surface area (Å²) >= 11 is 0.757. The lowest BCUT2D eigenvalue weighted by atomic mass is 10.1. The fourth-order valence-corrected chi connectivity index (χ4v) is 4.17. The summed E-state index contributed by atoms with van der Waals surface area (Å²) in [5.41, 5.74) is 1.07. The summed E-state index contributed by atoms with van der Waals surface area (Å²) in [6.07, 6.45) is 1.51. The topological polar surface area (TPSA) is 82.1 Å². The number of carbonyl (C=O) groups excluding carboxylic acids is 3. The monoisotopic (exact) mass is 493 g/mol. The Balaban J connectivity index is 1.55.